The van der Waals surface area contributed by atoms with Crippen molar-refractivity contribution in [3.8, 4) is 0 Å². The van der Waals surface area contributed by atoms with Crippen LogP contribution >= 0.6 is 7.14 Å². The molecule has 3 aromatic rings. The van der Waals surface area contributed by atoms with Crippen molar-refractivity contribution in [2.45, 2.75) is 18.5 Å². The summed E-state index contributed by atoms with van der Waals surface area (Å²) in [6, 6.07) is 27.3. The van der Waals surface area contributed by atoms with E-state index in [-0.39, 0.29) is 6.42 Å². The molecule has 3 rings (SSSR count). The van der Waals surface area contributed by atoms with Crippen molar-refractivity contribution in [2.75, 3.05) is 0 Å². The maximum Gasteiger partial charge on any atom is 0.317 e. The third kappa shape index (κ3) is 3.11. The highest BCUT2D eigenvalue weighted by Crippen LogP contribution is 2.57. The van der Waals surface area contributed by atoms with Gasteiger partial charge in [-0.25, -0.2) is 0 Å². The molecule has 0 heterocycles. The second-order valence-corrected chi connectivity index (χ2v) is 9.76. The van der Waals surface area contributed by atoms with Gasteiger partial charge in [-0.3, -0.25) is 4.79 Å². The van der Waals surface area contributed by atoms with Gasteiger partial charge in [-0.2, -0.15) is 0 Å². The third-order valence-corrected chi connectivity index (χ3v) is 8.58. The van der Waals surface area contributed by atoms with E-state index in [1.54, 1.807) is 55.5 Å². The Morgan fingerprint density at radius 1 is 0.808 bits per heavy atom. The molecular weight excluding hydrogens is 343 g/mol. The van der Waals surface area contributed by atoms with Crippen LogP contribution in [0.5, 0.6) is 0 Å². The van der Waals surface area contributed by atoms with Crippen molar-refractivity contribution >= 4 is 23.7 Å². The summed E-state index contributed by atoms with van der Waals surface area (Å²) in [4.78, 5) is 12.4. The Morgan fingerprint density at radius 2 is 1.19 bits per heavy atom. The second-order valence-electron chi connectivity index (χ2n) is 6.52. The minimum atomic E-state index is -3.47. The van der Waals surface area contributed by atoms with Gasteiger partial charge in [-0.1, -0.05) is 91.0 Å². The monoisotopic (exact) mass is 364 g/mol. The number of carboxylic acid groups (broad SMARTS) is 1. The number of carboxylic acids is 1. The normalized spacial score (nSPS) is 13.7. The van der Waals surface area contributed by atoms with Crippen LogP contribution in [0.25, 0.3) is 0 Å². The van der Waals surface area contributed by atoms with E-state index in [2.05, 4.69) is 0 Å². The van der Waals surface area contributed by atoms with Crippen LogP contribution in [0.1, 0.15) is 12.5 Å². The predicted octanol–water partition coefficient (Wildman–Crippen LogP) is 4.09. The van der Waals surface area contributed by atoms with Gasteiger partial charge in [0.25, 0.3) is 0 Å². The Bertz CT molecular complexity index is 880. The van der Waals surface area contributed by atoms with Gasteiger partial charge in [-0.05, 0) is 18.9 Å². The molecule has 0 saturated carbocycles. The van der Waals surface area contributed by atoms with E-state index in [4.69, 9.17) is 0 Å². The molecule has 0 fully saturated rings. The molecule has 0 aliphatic heterocycles. The lowest BCUT2D eigenvalue weighted by Gasteiger charge is -2.35. The lowest BCUT2D eigenvalue weighted by molar-refractivity contribution is -0.139. The molecule has 1 atom stereocenters. The summed E-state index contributed by atoms with van der Waals surface area (Å²) in [7, 11) is -3.47. The summed E-state index contributed by atoms with van der Waals surface area (Å²) >= 11 is 0. The summed E-state index contributed by atoms with van der Waals surface area (Å²) in [5.74, 6) is -1.06. The fraction of sp³-hybridized carbons (Fsp3) is 0.136. The van der Waals surface area contributed by atoms with Crippen molar-refractivity contribution in [3.05, 3.63) is 96.6 Å². The van der Waals surface area contributed by atoms with Crippen LogP contribution in [0.15, 0.2) is 91.0 Å². The summed E-state index contributed by atoms with van der Waals surface area (Å²) in [5, 5.41) is 9.84. The van der Waals surface area contributed by atoms with Crippen molar-refractivity contribution in [3.63, 3.8) is 0 Å². The van der Waals surface area contributed by atoms with E-state index < -0.39 is 18.3 Å². The van der Waals surface area contributed by atoms with Crippen molar-refractivity contribution in [1.82, 2.24) is 0 Å². The molecule has 0 unspecified atom stereocenters. The highest BCUT2D eigenvalue weighted by molar-refractivity contribution is 7.80. The van der Waals surface area contributed by atoms with Crippen LogP contribution in [0.2, 0.25) is 0 Å². The number of rotatable bonds is 6. The zero-order valence-electron chi connectivity index (χ0n) is 14.6. The summed E-state index contributed by atoms with van der Waals surface area (Å²) < 4.78 is 14.5. The molecule has 0 aliphatic rings. The van der Waals surface area contributed by atoms with Crippen molar-refractivity contribution in [1.29, 1.82) is 0 Å². The summed E-state index contributed by atoms with van der Waals surface area (Å²) in [5.41, 5.74) is 0.851. The number of carbonyl (C=O) groups is 1. The molecular formula is C22H21O3P. The number of aliphatic carboxylic acids is 1. The van der Waals surface area contributed by atoms with Crippen LogP contribution in [-0.4, -0.2) is 16.2 Å². The van der Waals surface area contributed by atoms with Crippen LogP contribution < -0.4 is 10.6 Å². The Morgan fingerprint density at radius 3 is 1.58 bits per heavy atom. The van der Waals surface area contributed by atoms with Crippen LogP contribution in [0, 0.1) is 0 Å². The molecule has 26 heavy (non-hydrogen) atoms. The van der Waals surface area contributed by atoms with Crippen molar-refractivity contribution < 1.29 is 14.5 Å². The van der Waals surface area contributed by atoms with E-state index in [1.165, 1.54) is 0 Å². The molecule has 4 heteroatoms. The average Bonchev–Trinajstić information content (AvgIpc) is 2.69. The van der Waals surface area contributed by atoms with Gasteiger partial charge >= 0.3 is 5.97 Å². The molecule has 0 bridgehead atoms. The lowest BCUT2D eigenvalue weighted by Crippen LogP contribution is -2.44. The molecule has 0 aromatic heterocycles. The van der Waals surface area contributed by atoms with E-state index >= 15 is 0 Å². The van der Waals surface area contributed by atoms with Crippen LogP contribution in [0.4, 0.5) is 0 Å². The highest BCUT2D eigenvalue weighted by atomic mass is 31.2. The first-order valence-corrected chi connectivity index (χ1v) is 10.2. The van der Waals surface area contributed by atoms with E-state index in [0.717, 1.165) is 5.56 Å². The largest absolute Gasteiger partial charge is 0.480 e. The first kappa shape index (κ1) is 18.2. The van der Waals surface area contributed by atoms with E-state index in [0.29, 0.717) is 10.6 Å². The van der Waals surface area contributed by atoms with Gasteiger partial charge in [0.2, 0.25) is 0 Å². The minimum Gasteiger partial charge on any atom is -0.480 e. The van der Waals surface area contributed by atoms with E-state index in [1.807, 2.05) is 42.5 Å². The smallest absolute Gasteiger partial charge is 0.317 e. The van der Waals surface area contributed by atoms with Gasteiger partial charge in [0.15, 0.2) is 7.14 Å². The van der Waals surface area contributed by atoms with E-state index in [9.17, 15) is 14.5 Å². The Labute approximate surface area is 153 Å². The molecule has 0 radical (unpaired) electrons. The standard InChI is InChI=1S/C22H21O3P/c1-22(21(23)24,17-18-11-5-2-6-12-18)26(25,19-13-7-3-8-14-19)20-15-9-4-10-16-20/h2-16H,17H2,1H3,(H,23,24)/t22-/m0/s1. The summed E-state index contributed by atoms with van der Waals surface area (Å²) in [6.45, 7) is 1.60. The SMILES string of the molecule is C[C@](Cc1ccccc1)(C(=O)O)P(=O)(c1ccccc1)c1ccccc1. The zero-order chi connectivity index (χ0) is 18.6. The fourth-order valence-corrected chi connectivity index (χ4v) is 6.61. The molecule has 0 spiro atoms. The minimum absolute atomic E-state index is 0.185. The quantitative estimate of drug-likeness (QED) is 0.671. The Hall–Kier alpha value is -2.64. The Kier molecular flexibility index (Phi) is 5.11. The predicted molar refractivity (Wildman–Crippen MR) is 106 cm³/mol. The van der Waals surface area contributed by atoms with Gasteiger partial charge in [0, 0.05) is 10.6 Å². The van der Waals surface area contributed by atoms with Crippen molar-refractivity contribution in [2.24, 2.45) is 0 Å². The second kappa shape index (κ2) is 7.31. The highest BCUT2D eigenvalue weighted by Gasteiger charge is 2.52. The fourth-order valence-electron chi connectivity index (χ4n) is 3.31. The zero-order valence-corrected chi connectivity index (χ0v) is 15.5. The molecule has 0 amide bonds. The third-order valence-electron chi connectivity index (χ3n) is 4.79. The van der Waals surface area contributed by atoms with Crippen LogP contribution in [0.3, 0.4) is 0 Å². The maximum absolute atomic E-state index is 14.5. The molecule has 1 N–H and O–H groups in total. The number of hydrogen-bond donors (Lipinski definition) is 1. The van der Waals surface area contributed by atoms with Crippen LogP contribution in [-0.2, 0) is 15.8 Å². The molecule has 3 nitrogen and oxygen atoms in total. The maximum atomic E-state index is 14.5. The number of benzene rings is 3. The lowest BCUT2D eigenvalue weighted by atomic mass is 10.0. The summed E-state index contributed by atoms with van der Waals surface area (Å²) in [6.07, 6.45) is 0.185. The number of hydrogen-bond acceptors (Lipinski definition) is 2. The van der Waals surface area contributed by atoms with Gasteiger partial charge in [-0.15, -0.1) is 0 Å². The molecule has 132 valence electrons. The molecule has 3 aromatic carbocycles. The molecule has 0 saturated heterocycles. The molecule has 0 aliphatic carbocycles. The van der Waals surface area contributed by atoms with Gasteiger partial charge < -0.3 is 9.67 Å². The average molecular weight is 364 g/mol. The van der Waals surface area contributed by atoms with Gasteiger partial charge in [0.1, 0.15) is 5.16 Å². The Balaban J connectivity index is 2.25. The first-order valence-electron chi connectivity index (χ1n) is 8.47. The first-order chi connectivity index (χ1) is 12.5. The van der Waals surface area contributed by atoms with Gasteiger partial charge in [0.05, 0.1) is 0 Å². The topological polar surface area (TPSA) is 54.4 Å².